The predicted octanol–water partition coefficient (Wildman–Crippen LogP) is 4.88. The Kier molecular flexibility index (Phi) is 5.88. The number of rotatable bonds is 7. The van der Waals surface area contributed by atoms with Crippen molar-refractivity contribution in [2.24, 2.45) is 5.73 Å². The molecule has 3 aromatic rings. The van der Waals surface area contributed by atoms with E-state index in [-0.39, 0.29) is 5.91 Å². The Bertz CT molecular complexity index is 985. The number of carbonyl (C=O) groups is 1. The number of aromatic nitrogens is 1. The molecule has 0 radical (unpaired) electrons. The van der Waals surface area contributed by atoms with Crippen molar-refractivity contribution in [1.82, 2.24) is 4.57 Å². The molecule has 4 heteroatoms. The highest BCUT2D eigenvalue weighted by molar-refractivity contribution is 6.02. The third-order valence-corrected chi connectivity index (χ3v) is 5.23. The highest BCUT2D eigenvalue weighted by Gasteiger charge is 2.24. The lowest BCUT2D eigenvalue weighted by atomic mass is 9.97. The topological polar surface area (TPSA) is 57.2 Å². The minimum atomic E-state index is -0.385. The van der Waals surface area contributed by atoms with Crippen LogP contribution in [-0.2, 0) is 13.0 Å². The highest BCUT2D eigenvalue weighted by atomic mass is 16.5. The van der Waals surface area contributed by atoms with Crippen molar-refractivity contribution in [2.45, 2.75) is 40.2 Å². The number of ether oxygens (including phenoxy) is 1. The van der Waals surface area contributed by atoms with Crippen LogP contribution >= 0.6 is 0 Å². The Morgan fingerprint density at radius 1 is 1.07 bits per heavy atom. The molecule has 146 valence electrons. The first-order valence-corrected chi connectivity index (χ1v) is 9.68. The van der Waals surface area contributed by atoms with Gasteiger partial charge < -0.3 is 15.0 Å². The molecule has 0 saturated heterocycles. The maximum Gasteiger partial charge on any atom is 0.251 e. The summed E-state index contributed by atoms with van der Waals surface area (Å²) in [6.07, 6.45) is 1.85. The van der Waals surface area contributed by atoms with Crippen molar-refractivity contribution in [3.63, 3.8) is 0 Å². The van der Waals surface area contributed by atoms with Crippen LogP contribution in [0, 0.1) is 13.8 Å². The Hall–Kier alpha value is -3.01. The number of primary amides is 1. The van der Waals surface area contributed by atoms with E-state index in [1.165, 1.54) is 5.56 Å². The van der Waals surface area contributed by atoms with Gasteiger partial charge in [-0.2, -0.15) is 0 Å². The van der Waals surface area contributed by atoms with Gasteiger partial charge in [-0.25, -0.2) is 0 Å². The van der Waals surface area contributed by atoms with E-state index < -0.39 is 0 Å². The SMILES string of the molecule is CCCc1c(-c2ccc(C)cc2)c(C(N)=O)c(C)n1Cc1ccccc1OC. The average Bonchev–Trinajstić information content (AvgIpc) is 2.95. The van der Waals surface area contributed by atoms with Crippen molar-refractivity contribution in [3.05, 3.63) is 76.6 Å². The van der Waals surface area contributed by atoms with Gasteiger partial charge in [0.25, 0.3) is 5.91 Å². The largest absolute Gasteiger partial charge is 0.496 e. The normalized spacial score (nSPS) is 10.9. The Morgan fingerprint density at radius 2 is 1.75 bits per heavy atom. The van der Waals surface area contributed by atoms with Crippen LogP contribution in [0.25, 0.3) is 11.1 Å². The maximum absolute atomic E-state index is 12.4. The molecule has 2 aromatic carbocycles. The molecule has 0 aliphatic rings. The molecule has 28 heavy (non-hydrogen) atoms. The summed E-state index contributed by atoms with van der Waals surface area (Å²) in [7, 11) is 1.68. The van der Waals surface area contributed by atoms with Gasteiger partial charge in [0, 0.05) is 22.5 Å². The quantitative estimate of drug-likeness (QED) is 0.639. The fraction of sp³-hybridized carbons (Fsp3) is 0.292. The van der Waals surface area contributed by atoms with Gasteiger partial charge in [-0.15, -0.1) is 0 Å². The molecular formula is C24H28N2O2. The molecule has 0 unspecified atom stereocenters. The Labute approximate surface area is 166 Å². The number of nitrogens with zero attached hydrogens (tertiary/aromatic N) is 1. The number of para-hydroxylation sites is 1. The third kappa shape index (κ3) is 3.68. The molecule has 1 heterocycles. The van der Waals surface area contributed by atoms with Crippen LogP contribution in [0.2, 0.25) is 0 Å². The van der Waals surface area contributed by atoms with Crippen LogP contribution in [0.1, 0.15) is 46.2 Å². The summed E-state index contributed by atoms with van der Waals surface area (Å²) in [4.78, 5) is 12.4. The number of nitrogens with two attached hydrogens (primary N) is 1. The smallest absolute Gasteiger partial charge is 0.251 e. The summed E-state index contributed by atoms with van der Waals surface area (Å²) in [5.74, 6) is 0.458. The molecule has 3 rings (SSSR count). The number of carbonyl (C=O) groups excluding carboxylic acids is 1. The van der Waals surface area contributed by atoms with Gasteiger partial charge in [-0.3, -0.25) is 4.79 Å². The molecule has 0 atom stereocenters. The standard InChI is InChI=1S/C24H28N2O2/c1-5-8-20-23(18-13-11-16(2)12-14-18)22(24(25)27)17(3)26(20)15-19-9-6-7-10-21(19)28-4/h6-7,9-14H,5,8,15H2,1-4H3,(H2,25,27). The molecule has 4 nitrogen and oxygen atoms in total. The van der Waals surface area contributed by atoms with Gasteiger partial charge in [0.05, 0.1) is 19.2 Å². The summed E-state index contributed by atoms with van der Waals surface area (Å²) in [5, 5.41) is 0. The van der Waals surface area contributed by atoms with E-state index in [0.29, 0.717) is 12.1 Å². The minimum Gasteiger partial charge on any atom is -0.496 e. The molecular weight excluding hydrogens is 348 g/mol. The van der Waals surface area contributed by atoms with Crippen LogP contribution in [-0.4, -0.2) is 17.6 Å². The summed E-state index contributed by atoms with van der Waals surface area (Å²) < 4.78 is 7.75. The van der Waals surface area contributed by atoms with Crippen molar-refractivity contribution in [1.29, 1.82) is 0 Å². The van der Waals surface area contributed by atoms with E-state index in [2.05, 4.69) is 48.7 Å². The minimum absolute atomic E-state index is 0.385. The first kappa shape index (κ1) is 19.7. The number of aryl methyl sites for hydroxylation is 1. The van der Waals surface area contributed by atoms with Crippen LogP contribution in [0.15, 0.2) is 48.5 Å². The maximum atomic E-state index is 12.4. The summed E-state index contributed by atoms with van der Waals surface area (Å²) in [6, 6.07) is 16.3. The molecule has 0 bridgehead atoms. The second-order valence-corrected chi connectivity index (χ2v) is 7.16. The number of methoxy groups -OCH3 is 1. The summed E-state index contributed by atoms with van der Waals surface area (Å²) in [5.41, 5.74) is 12.7. The monoisotopic (exact) mass is 376 g/mol. The van der Waals surface area contributed by atoms with Gasteiger partial charge in [0.15, 0.2) is 0 Å². The number of amides is 1. The molecule has 1 amide bonds. The van der Waals surface area contributed by atoms with Crippen LogP contribution in [0.4, 0.5) is 0 Å². The highest BCUT2D eigenvalue weighted by Crippen LogP contribution is 2.35. The van der Waals surface area contributed by atoms with Crippen molar-refractivity contribution < 1.29 is 9.53 Å². The fourth-order valence-electron chi connectivity index (χ4n) is 3.84. The second-order valence-electron chi connectivity index (χ2n) is 7.16. The van der Waals surface area contributed by atoms with Crippen LogP contribution in [0.5, 0.6) is 5.75 Å². The molecule has 2 N–H and O–H groups in total. The van der Waals surface area contributed by atoms with E-state index in [4.69, 9.17) is 10.5 Å². The van der Waals surface area contributed by atoms with Crippen molar-refractivity contribution in [3.8, 4) is 16.9 Å². The van der Waals surface area contributed by atoms with Crippen molar-refractivity contribution >= 4 is 5.91 Å². The lowest BCUT2D eigenvalue weighted by Crippen LogP contribution is -2.13. The first-order valence-electron chi connectivity index (χ1n) is 9.68. The number of hydrogen-bond donors (Lipinski definition) is 1. The Balaban J connectivity index is 2.23. The van der Waals surface area contributed by atoms with Gasteiger partial charge >= 0.3 is 0 Å². The summed E-state index contributed by atoms with van der Waals surface area (Å²) >= 11 is 0. The molecule has 0 fully saturated rings. The zero-order valence-corrected chi connectivity index (χ0v) is 17.1. The Morgan fingerprint density at radius 3 is 2.36 bits per heavy atom. The zero-order valence-electron chi connectivity index (χ0n) is 17.1. The summed E-state index contributed by atoms with van der Waals surface area (Å²) in [6.45, 7) is 6.83. The fourth-order valence-corrected chi connectivity index (χ4v) is 3.84. The second kappa shape index (κ2) is 8.34. The predicted molar refractivity (Wildman–Crippen MR) is 114 cm³/mol. The molecule has 0 aliphatic carbocycles. The van der Waals surface area contributed by atoms with Gasteiger partial charge in [-0.1, -0.05) is 61.4 Å². The van der Waals surface area contributed by atoms with E-state index in [1.54, 1.807) is 7.11 Å². The third-order valence-electron chi connectivity index (χ3n) is 5.23. The lowest BCUT2D eigenvalue weighted by molar-refractivity contribution is 0.1000. The van der Waals surface area contributed by atoms with E-state index in [1.807, 2.05) is 25.1 Å². The first-order chi connectivity index (χ1) is 13.5. The van der Waals surface area contributed by atoms with Gasteiger partial charge in [-0.05, 0) is 31.9 Å². The lowest BCUT2D eigenvalue weighted by Gasteiger charge is -2.15. The van der Waals surface area contributed by atoms with Gasteiger partial charge in [0.2, 0.25) is 0 Å². The molecule has 1 aromatic heterocycles. The van der Waals surface area contributed by atoms with E-state index >= 15 is 0 Å². The van der Waals surface area contributed by atoms with E-state index in [0.717, 1.165) is 46.7 Å². The average molecular weight is 377 g/mol. The molecule has 0 aliphatic heterocycles. The number of benzene rings is 2. The van der Waals surface area contributed by atoms with Gasteiger partial charge in [0.1, 0.15) is 5.75 Å². The number of hydrogen-bond acceptors (Lipinski definition) is 2. The molecule has 0 saturated carbocycles. The van der Waals surface area contributed by atoms with Crippen LogP contribution < -0.4 is 10.5 Å². The van der Waals surface area contributed by atoms with E-state index in [9.17, 15) is 4.79 Å². The van der Waals surface area contributed by atoms with Crippen molar-refractivity contribution in [2.75, 3.05) is 7.11 Å². The zero-order chi connectivity index (χ0) is 20.3. The van der Waals surface area contributed by atoms with Crippen LogP contribution in [0.3, 0.4) is 0 Å². The molecule has 0 spiro atoms.